The van der Waals surface area contributed by atoms with Gasteiger partial charge in [0.25, 0.3) is 10.0 Å². The van der Waals surface area contributed by atoms with Crippen LogP contribution in [0.5, 0.6) is 0 Å². The van der Waals surface area contributed by atoms with Gasteiger partial charge >= 0.3 is 0 Å². The summed E-state index contributed by atoms with van der Waals surface area (Å²) < 4.78 is 30.9. The Morgan fingerprint density at radius 2 is 1.87 bits per heavy atom. The molecule has 6 heteroatoms. The minimum atomic E-state index is -3.51. The first-order chi connectivity index (χ1) is 10.9. The third-order valence-corrected chi connectivity index (χ3v) is 6.10. The number of hydrogen-bond acceptors (Lipinski definition) is 4. The Hall–Kier alpha value is -1.63. The van der Waals surface area contributed by atoms with Crippen LogP contribution >= 0.6 is 0 Å². The monoisotopic (exact) mass is 334 g/mol. The van der Waals surface area contributed by atoms with E-state index in [0.29, 0.717) is 18.3 Å². The maximum absolute atomic E-state index is 12.1. The summed E-state index contributed by atoms with van der Waals surface area (Å²) in [7, 11) is 1.54. The van der Waals surface area contributed by atoms with Crippen LogP contribution in [-0.4, -0.2) is 38.8 Å². The van der Waals surface area contributed by atoms with Gasteiger partial charge in [0.2, 0.25) is 5.09 Å². The SMILES string of the molecule is CN(Cc1ccc(S(=O)(=O)N(C)C)o1)[C@H]1CCc2ccccc21. The van der Waals surface area contributed by atoms with Gasteiger partial charge < -0.3 is 4.42 Å². The van der Waals surface area contributed by atoms with Crippen LogP contribution in [0.15, 0.2) is 45.9 Å². The third-order valence-electron chi connectivity index (χ3n) is 4.41. The van der Waals surface area contributed by atoms with Crippen molar-refractivity contribution in [2.24, 2.45) is 0 Å². The number of fused-ring (bicyclic) bond motifs is 1. The predicted octanol–water partition coefficient (Wildman–Crippen LogP) is 2.65. The Balaban J connectivity index is 1.75. The topological polar surface area (TPSA) is 53.8 Å². The molecular formula is C17H22N2O3S. The van der Waals surface area contributed by atoms with Gasteiger partial charge in [0.05, 0.1) is 6.54 Å². The molecule has 1 heterocycles. The van der Waals surface area contributed by atoms with E-state index >= 15 is 0 Å². The van der Waals surface area contributed by atoms with Crippen molar-refractivity contribution in [1.82, 2.24) is 9.21 Å². The molecule has 0 saturated carbocycles. The van der Waals surface area contributed by atoms with Crippen LogP contribution in [-0.2, 0) is 23.0 Å². The molecule has 0 unspecified atom stereocenters. The van der Waals surface area contributed by atoms with E-state index in [9.17, 15) is 8.42 Å². The molecule has 124 valence electrons. The van der Waals surface area contributed by atoms with Crippen molar-refractivity contribution in [3.8, 4) is 0 Å². The lowest BCUT2D eigenvalue weighted by molar-refractivity contribution is 0.211. The summed E-state index contributed by atoms with van der Waals surface area (Å²) in [6.45, 7) is 0.585. The highest BCUT2D eigenvalue weighted by Crippen LogP contribution is 2.35. The quantitative estimate of drug-likeness (QED) is 0.843. The number of hydrogen-bond donors (Lipinski definition) is 0. The molecule has 0 N–H and O–H groups in total. The van der Waals surface area contributed by atoms with Gasteiger partial charge in [-0.1, -0.05) is 24.3 Å². The van der Waals surface area contributed by atoms with Crippen molar-refractivity contribution in [3.63, 3.8) is 0 Å². The summed E-state index contributed by atoms with van der Waals surface area (Å²) in [6.07, 6.45) is 2.17. The minimum absolute atomic E-state index is 0.00211. The van der Waals surface area contributed by atoms with Crippen molar-refractivity contribution < 1.29 is 12.8 Å². The minimum Gasteiger partial charge on any atom is -0.447 e. The van der Waals surface area contributed by atoms with Crippen molar-refractivity contribution >= 4 is 10.0 Å². The van der Waals surface area contributed by atoms with E-state index < -0.39 is 10.0 Å². The van der Waals surface area contributed by atoms with Crippen molar-refractivity contribution in [1.29, 1.82) is 0 Å². The zero-order valence-electron chi connectivity index (χ0n) is 13.7. The summed E-state index contributed by atoms with van der Waals surface area (Å²) >= 11 is 0. The van der Waals surface area contributed by atoms with Crippen LogP contribution in [0.3, 0.4) is 0 Å². The van der Waals surface area contributed by atoms with Crippen molar-refractivity contribution in [2.45, 2.75) is 30.5 Å². The van der Waals surface area contributed by atoms with E-state index in [1.807, 2.05) is 0 Å². The lowest BCUT2D eigenvalue weighted by atomic mass is 10.1. The second kappa shape index (κ2) is 6.11. The van der Waals surface area contributed by atoms with E-state index in [0.717, 1.165) is 17.1 Å². The summed E-state index contributed by atoms with van der Waals surface area (Å²) in [5, 5.41) is -0.00211. The molecule has 1 aliphatic carbocycles. The predicted molar refractivity (Wildman–Crippen MR) is 88.6 cm³/mol. The van der Waals surface area contributed by atoms with Crippen LogP contribution in [0.1, 0.15) is 29.3 Å². The van der Waals surface area contributed by atoms with E-state index in [2.05, 4.69) is 36.2 Å². The summed E-state index contributed by atoms with van der Waals surface area (Å²) in [6, 6.07) is 12.1. The average molecular weight is 334 g/mol. The van der Waals surface area contributed by atoms with Crippen LogP contribution in [0, 0.1) is 0 Å². The second-order valence-corrected chi connectivity index (χ2v) is 8.26. The van der Waals surface area contributed by atoms with Crippen LogP contribution < -0.4 is 0 Å². The highest BCUT2D eigenvalue weighted by atomic mass is 32.2. The Labute approximate surface area is 137 Å². The van der Waals surface area contributed by atoms with Gasteiger partial charge in [-0.3, -0.25) is 4.90 Å². The molecule has 0 radical (unpaired) electrons. The highest BCUT2D eigenvalue weighted by Gasteiger charge is 2.27. The molecule has 0 aliphatic heterocycles. The van der Waals surface area contributed by atoms with Gasteiger partial charge in [0, 0.05) is 20.1 Å². The number of furan rings is 1. The molecule has 0 bridgehead atoms. The highest BCUT2D eigenvalue weighted by molar-refractivity contribution is 7.88. The molecule has 0 spiro atoms. The van der Waals surface area contributed by atoms with Gasteiger partial charge in [0.15, 0.2) is 0 Å². The molecule has 1 aromatic heterocycles. The molecule has 3 rings (SSSR count). The summed E-state index contributed by atoms with van der Waals surface area (Å²) in [5.41, 5.74) is 2.77. The fourth-order valence-corrected chi connectivity index (χ4v) is 3.92. The standard InChI is InChI=1S/C17H22N2O3S/c1-18(2)23(20,21)17-11-9-14(22-17)12-19(3)16-10-8-13-6-4-5-7-15(13)16/h4-7,9,11,16H,8,10,12H2,1-3H3/t16-/m0/s1. The van der Waals surface area contributed by atoms with Crippen LogP contribution in [0.25, 0.3) is 0 Å². The van der Waals surface area contributed by atoms with Crippen molar-refractivity contribution in [2.75, 3.05) is 21.1 Å². The molecule has 23 heavy (non-hydrogen) atoms. The lowest BCUT2D eigenvalue weighted by Crippen LogP contribution is -2.22. The number of sulfonamides is 1. The Bertz CT molecular complexity index is 796. The molecule has 5 nitrogen and oxygen atoms in total. The molecule has 1 aromatic carbocycles. The number of aryl methyl sites for hydroxylation is 1. The second-order valence-electron chi connectivity index (χ2n) is 6.18. The van der Waals surface area contributed by atoms with Gasteiger partial charge in [-0.15, -0.1) is 0 Å². The van der Waals surface area contributed by atoms with Gasteiger partial charge in [0.1, 0.15) is 5.76 Å². The fourth-order valence-electron chi connectivity index (χ4n) is 3.11. The molecule has 1 atom stereocenters. The first kappa shape index (κ1) is 16.2. The molecule has 2 aromatic rings. The molecule has 0 fully saturated rings. The average Bonchev–Trinajstić information content (AvgIpc) is 3.13. The lowest BCUT2D eigenvalue weighted by Gasteiger charge is -2.24. The van der Waals surface area contributed by atoms with E-state index in [1.54, 1.807) is 6.07 Å². The Morgan fingerprint density at radius 1 is 1.13 bits per heavy atom. The first-order valence-electron chi connectivity index (χ1n) is 7.69. The maximum Gasteiger partial charge on any atom is 0.275 e. The molecular weight excluding hydrogens is 312 g/mol. The normalized spacial score (nSPS) is 17.9. The summed E-state index contributed by atoms with van der Waals surface area (Å²) in [4.78, 5) is 2.22. The smallest absolute Gasteiger partial charge is 0.275 e. The number of nitrogens with zero attached hydrogens (tertiary/aromatic N) is 2. The largest absolute Gasteiger partial charge is 0.447 e. The Morgan fingerprint density at radius 3 is 2.61 bits per heavy atom. The summed E-state index contributed by atoms with van der Waals surface area (Å²) in [5.74, 6) is 0.664. The van der Waals surface area contributed by atoms with Gasteiger partial charge in [-0.05, 0) is 43.1 Å². The zero-order valence-corrected chi connectivity index (χ0v) is 14.5. The van der Waals surface area contributed by atoms with Crippen LogP contribution in [0.4, 0.5) is 0 Å². The fraction of sp³-hybridized carbons (Fsp3) is 0.412. The number of rotatable bonds is 5. The van der Waals surface area contributed by atoms with E-state index in [1.165, 1.54) is 31.3 Å². The van der Waals surface area contributed by atoms with Crippen molar-refractivity contribution in [3.05, 3.63) is 53.3 Å². The molecule has 1 aliphatic rings. The van der Waals surface area contributed by atoms with Crippen LogP contribution in [0.2, 0.25) is 0 Å². The van der Waals surface area contributed by atoms with Gasteiger partial charge in [-0.2, -0.15) is 0 Å². The molecule has 0 amide bonds. The van der Waals surface area contributed by atoms with E-state index in [-0.39, 0.29) is 5.09 Å². The zero-order chi connectivity index (χ0) is 16.6. The van der Waals surface area contributed by atoms with E-state index in [4.69, 9.17) is 4.42 Å². The third kappa shape index (κ3) is 3.06. The Kier molecular flexibility index (Phi) is 4.31. The number of benzene rings is 1. The van der Waals surface area contributed by atoms with Gasteiger partial charge in [-0.25, -0.2) is 12.7 Å². The maximum atomic E-state index is 12.1. The first-order valence-corrected chi connectivity index (χ1v) is 9.13. The molecule has 0 saturated heterocycles.